The molecule has 1 fully saturated rings. The monoisotopic (exact) mass is 304 g/mol. The Morgan fingerprint density at radius 2 is 2.24 bits per heavy atom. The summed E-state index contributed by atoms with van der Waals surface area (Å²) in [5, 5.41) is 11.9. The second-order valence-corrected chi connectivity index (χ2v) is 4.70. The number of carbonyl (C=O) groups excluding carboxylic acids is 1. The van der Waals surface area contributed by atoms with Crippen molar-refractivity contribution in [2.24, 2.45) is 0 Å². The summed E-state index contributed by atoms with van der Waals surface area (Å²) in [7, 11) is 0. The summed E-state index contributed by atoms with van der Waals surface area (Å²) in [6, 6.07) is 2.70. The largest absolute Gasteiger partial charge is 0.432 e. The number of hydrogen-bond donors (Lipinski definition) is 2. The number of rotatable bonds is 3. The second kappa shape index (κ2) is 6.66. The van der Waals surface area contributed by atoms with Crippen LogP contribution in [0.3, 0.4) is 0 Å². The van der Waals surface area contributed by atoms with Crippen molar-refractivity contribution in [3.63, 3.8) is 0 Å². The van der Waals surface area contributed by atoms with Gasteiger partial charge >= 0.3 is 12.6 Å². The standard InChI is InChI=1S/C13H15F3N2O3/c14-10-6-8(3-4-11(10)21-12(15)16)17-13(20)18-5-1-2-9(19)7-18/h3-4,6,9,12,19H,1-2,5,7H2,(H,17,20). The van der Waals surface area contributed by atoms with Crippen LogP contribution in [0.1, 0.15) is 12.8 Å². The number of β-amino-alcohol motifs (C(OH)–C–C–N with tert-alkyl or cyclic N) is 1. The Morgan fingerprint density at radius 1 is 1.48 bits per heavy atom. The minimum Gasteiger partial charge on any atom is -0.432 e. The molecule has 0 spiro atoms. The lowest BCUT2D eigenvalue weighted by atomic mass is 10.1. The number of piperidine rings is 1. The maximum atomic E-state index is 13.5. The van der Waals surface area contributed by atoms with Gasteiger partial charge in [-0.15, -0.1) is 0 Å². The summed E-state index contributed by atoms with van der Waals surface area (Å²) in [5.74, 6) is -1.58. The van der Waals surface area contributed by atoms with Crippen molar-refractivity contribution in [1.82, 2.24) is 4.90 Å². The van der Waals surface area contributed by atoms with Crippen molar-refractivity contribution in [1.29, 1.82) is 0 Å². The fourth-order valence-corrected chi connectivity index (χ4v) is 2.11. The number of alkyl halides is 2. The summed E-state index contributed by atoms with van der Waals surface area (Å²) < 4.78 is 41.5. The number of urea groups is 1. The first kappa shape index (κ1) is 15.4. The molecule has 116 valence electrons. The summed E-state index contributed by atoms with van der Waals surface area (Å²) in [4.78, 5) is 13.3. The lowest BCUT2D eigenvalue weighted by molar-refractivity contribution is -0.0521. The number of aliphatic hydroxyl groups excluding tert-OH is 1. The van der Waals surface area contributed by atoms with E-state index in [1.54, 1.807) is 0 Å². The van der Waals surface area contributed by atoms with Gasteiger partial charge in [0.2, 0.25) is 0 Å². The number of anilines is 1. The quantitative estimate of drug-likeness (QED) is 0.901. The van der Waals surface area contributed by atoms with Gasteiger partial charge in [0.1, 0.15) is 0 Å². The molecular formula is C13H15F3N2O3. The van der Waals surface area contributed by atoms with Crippen molar-refractivity contribution >= 4 is 11.7 Å². The van der Waals surface area contributed by atoms with E-state index in [1.807, 2.05) is 0 Å². The lowest BCUT2D eigenvalue weighted by Gasteiger charge is -2.30. The van der Waals surface area contributed by atoms with E-state index in [0.717, 1.165) is 12.1 Å². The molecule has 5 nitrogen and oxygen atoms in total. The van der Waals surface area contributed by atoms with E-state index in [9.17, 15) is 23.1 Å². The maximum Gasteiger partial charge on any atom is 0.387 e. The number of ether oxygens (including phenoxy) is 1. The number of benzene rings is 1. The van der Waals surface area contributed by atoms with Crippen molar-refractivity contribution < 1.29 is 27.8 Å². The van der Waals surface area contributed by atoms with E-state index in [2.05, 4.69) is 10.1 Å². The van der Waals surface area contributed by atoms with E-state index < -0.39 is 30.3 Å². The van der Waals surface area contributed by atoms with Gasteiger partial charge in [0, 0.05) is 24.8 Å². The number of aliphatic hydroxyl groups is 1. The summed E-state index contributed by atoms with van der Waals surface area (Å²) >= 11 is 0. The molecule has 0 radical (unpaired) electrons. The molecule has 1 aliphatic heterocycles. The van der Waals surface area contributed by atoms with Crippen LogP contribution in [-0.4, -0.2) is 41.8 Å². The third-order valence-electron chi connectivity index (χ3n) is 3.08. The van der Waals surface area contributed by atoms with Crippen LogP contribution in [0.25, 0.3) is 0 Å². The number of likely N-dealkylation sites (tertiary alicyclic amines) is 1. The minimum atomic E-state index is -3.12. The van der Waals surface area contributed by atoms with Crippen LogP contribution in [0.5, 0.6) is 5.75 Å². The normalized spacial score (nSPS) is 18.7. The Labute approximate surface area is 119 Å². The average Bonchev–Trinajstić information content (AvgIpc) is 2.41. The highest BCUT2D eigenvalue weighted by Crippen LogP contribution is 2.23. The Balaban J connectivity index is 1.99. The van der Waals surface area contributed by atoms with Crippen molar-refractivity contribution in [3.05, 3.63) is 24.0 Å². The Kier molecular flexibility index (Phi) is 4.89. The number of nitrogens with zero attached hydrogens (tertiary/aromatic N) is 1. The molecule has 21 heavy (non-hydrogen) atoms. The number of halogens is 3. The molecule has 1 atom stereocenters. The van der Waals surface area contributed by atoms with Gasteiger partial charge in [-0.2, -0.15) is 8.78 Å². The molecule has 2 amide bonds. The molecule has 1 heterocycles. The highest BCUT2D eigenvalue weighted by molar-refractivity contribution is 5.89. The molecule has 2 rings (SSSR count). The highest BCUT2D eigenvalue weighted by Gasteiger charge is 2.22. The molecule has 0 aliphatic carbocycles. The summed E-state index contributed by atoms with van der Waals surface area (Å²) in [6.07, 6.45) is 0.755. The van der Waals surface area contributed by atoms with Gasteiger partial charge in [0.05, 0.1) is 6.10 Å². The molecule has 1 aliphatic rings. The van der Waals surface area contributed by atoms with E-state index in [0.29, 0.717) is 19.4 Å². The molecule has 1 saturated heterocycles. The molecular weight excluding hydrogens is 289 g/mol. The van der Waals surface area contributed by atoms with Gasteiger partial charge in [-0.3, -0.25) is 0 Å². The zero-order chi connectivity index (χ0) is 15.4. The van der Waals surface area contributed by atoms with E-state index in [1.165, 1.54) is 11.0 Å². The van der Waals surface area contributed by atoms with Gasteiger partial charge in [-0.25, -0.2) is 9.18 Å². The highest BCUT2D eigenvalue weighted by atomic mass is 19.3. The van der Waals surface area contributed by atoms with Gasteiger partial charge in [-0.05, 0) is 25.0 Å². The first-order valence-corrected chi connectivity index (χ1v) is 6.44. The average molecular weight is 304 g/mol. The first-order chi connectivity index (χ1) is 9.95. The third kappa shape index (κ3) is 4.25. The molecule has 0 aromatic heterocycles. The second-order valence-electron chi connectivity index (χ2n) is 4.70. The number of hydrogen-bond acceptors (Lipinski definition) is 3. The number of nitrogens with one attached hydrogen (secondary N) is 1. The van der Waals surface area contributed by atoms with Crippen LogP contribution in [0, 0.1) is 5.82 Å². The van der Waals surface area contributed by atoms with E-state index in [-0.39, 0.29) is 12.2 Å². The zero-order valence-corrected chi connectivity index (χ0v) is 11.1. The zero-order valence-electron chi connectivity index (χ0n) is 11.1. The number of amides is 2. The van der Waals surface area contributed by atoms with Gasteiger partial charge in [0.15, 0.2) is 11.6 Å². The summed E-state index contributed by atoms with van der Waals surface area (Å²) in [6.45, 7) is -2.41. The predicted octanol–water partition coefficient (Wildman–Crippen LogP) is 2.42. The van der Waals surface area contributed by atoms with Crippen LogP contribution in [-0.2, 0) is 0 Å². The fourth-order valence-electron chi connectivity index (χ4n) is 2.11. The fraction of sp³-hybridized carbons (Fsp3) is 0.462. The number of carbonyl (C=O) groups is 1. The molecule has 0 bridgehead atoms. The first-order valence-electron chi connectivity index (χ1n) is 6.44. The van der Waals surface area contributed by atoms with Crippen molar-refractivity contribution in [3.8, 4) is 5.75 Å². The van der Waals surface area contributed by atoms with Gasteiger partial charge < -0.3 is 20.1 Å². The van der Waals surface area contributed by atoms with Gasteiger partial charge in [0.25, 0.3) is 0 Å². The summed E-state index contributed by atoms with van der Waals surface area (Å²) in [5.41, 5.74) is 0.124. The van der Waals surface area contributed by atoms with Gasteiger partial charge in [-0.1, -0.05) is 0 Å². The van der Waals surface area contributed by atoms with Crippen LogP contribution >= 0.6 is 0 Å². The smallest absolute Gasteiger partial charge is 0.387 e. The molecule has 2 N–H and O–H groups in total. The van der Waals surface area contributed by atoms with E-state index >= 15 is 0 Å². The Morgan fingerprint density at radius 3 is 2.86 bits per heavy atom. The van der Waals surface area contributed by atoms with Crippen LogP contribution in [0.4, 0.5) is 23.7 Å². The van der Waals surface area contributed by atoms with Crippen molar-refractivity contribution in [2.75, 3.05) is 18.4 Å². The Bertz CT molecular complexity index is 513. The van der Waals surface area contributed by atoms with Crippen LogP contribution in [0.2, 0.25) is 0 Å². The van der Waals surface area contributed by atoms with Crippen molar-refractivity contribution in [2.45, 2.75) is 25.6 Å². The molecule has 1 unspecified atom stereocenters. The SMILES string of the molecule is O=C(Nc1ccc(OC(F)F)c(F)c1)N1CCCC(O)C1. The van der Waals surface area contributed by atoms with E-state index in [4.69, 9.17) is 0 Å². The Hall–Kier alpha value is -1.96. The molecule has 1 aromatic rings. The lowest BCUT2D eigenvalue weighted by Crippen LogP contribution is -2.44. The maximum absolute atomic E-state index is 13.5. The van der Waals surface area contributed by atoms with Crippen LogP contribution < -0.4 is 10.1 Å². The van der Waals surface area contributed by atoms with Crippen LogP contribution in [0.15, 0.2) is 18.2 Å². The molecule has 0 saturated carbocycles. The minimum absolute atomic E-state index is 0.124. The molecule has 1 aromatic carbocycles. The molecule has 8 heteroatoms. The topological polar surface area (TPSA) is 61.8 Å². The predicted molar refractivity (Wildman–Crippen MR) is 68.9 cm³/mol. The third-order valence-corrected chi connectivity index (χ3v) is 3.08.